The van der Waals surface area contributed by atoms with E-state index in [9.17, 15) is 9.18 Å². The molecule has 1 amide bonds. The SMILES string of the molecule is CCN(C(=O)c1cc(-c2ccccc2)nc2c1c(C)nn2C)c1ccc(F)cc1. The summed E-state index contributed by atoms with van der Waals surface area (Å²) in [5.41, 5.74) is 4.21. The quantitative estimate of drug-likeness (QED) is 0.507. The number of halogens is 1. The first-order valence-electron chi connectivity index (χ1n) is 9.46. The summed E-state index contributed by atoms with van der Waals surface area (Å²) in [6.45, 7) is 4.22. The van der Waals surface area contributed by atoms with Gasteiger partial charge in [0.15, 0.2) is 5.65 Å². The fraction of sp³-hybridized carbons (Fsp3) is 0.174. The molecular formula is C23H21FN4O. The van der Waals surface area contributed by atoms with Gasteiger partial charge in [-0.3, -0.25) is 9.48 Å². The highest BCUT2D eigenvalue weighted by molar-refractivity contribution is 6.14. The molecule has 6 heteroatoms. The predicted octanol–water partition coefficient (Wildman–Crippen LogP) is 4.75. The number of aromatic nitrogens is 3. The minimum Gasteiger partial charge on any atom is -0.309 e. The molecule has 0 N–H and O–H groups in total. The largest absolute Gasteiger partial charge is 0.309 e. The van der Waals surface area contributed by atoms with Gasteiger partial charge in [-0.1, -0.05) is 30.3 Å². The van der Waals surface area contributed by atoms with Crippen molar-refractivity contribution in [3.05, 3.63) is 77.7 Å². The Hall–Kier alpha value is -3.54. The molecule has 0 fully saturated rings. The van der Waals surface area contributed by atoms with E-state index in [-0.39, 0.29) is 11.7 Å². The van der Waals surface area contributed by atoms with Crippen molar-refractivity contribution in [3.8, 4) is 11.3 Å². The van der Waals surface area contributed by atoms with Gasteiger partial charge in [-0.05, 0) is 44.2 Å². The van der Waals surface area contributed by atoms with E-state index in [1.807, 2.05) is 57.3 Å². The third kappa shape index (κ3) is 3.38. The van der Waals surface area contributed by atoms with Gasteiger partial charge < -0.3 is 4.90 Å². The number of aryl methyl sites for hydroxylation is 2. The summed E-state index contributed by atoms with van der Waals surface area (Å²) < 4.78 is 15.1. The Morgan fingerprint density at radius 3 is 2.45 bits per heavy atom. The third-order valence-electron chi connectivity index (χ3n) is 4.97. The lowest BCUT2D eigenvalue weighted by Gasteiger charge is -2.22. The molecule has 0 aliphatic rings. The van der Waals surface area contributed by atoms with Crippen LogP contribution in [0.4, 0.5) is 10.1 Å². The van der Waals surface area contributed by atoms with Gasteiger partial charge in [0.25, 0.3) is 5.91 Å². The summed E-state index contributed by atoms with van der Waals surface area (Å²) in [4.78, 5) is 20.0. The number of benzene rings is 2. The van der Waals surface area contributed by atoms with Crippen LogP contribution in [0.1, 0.15) is 23.0 Å². The smallest absolute Gasteiger partial charge is 0.259 e. The summed E-state index contributed by atoms with van der Waals surface area (Å²) in [6.07, 6.45) is 0. The van der Waals surface area contributed by atoms with Gasteiger partial charge in [0.2, 0.25) is 0 Å². The van der Waals surface area contributed by atoms with E-state index in [1.54, 1.807) is 21.7 Å². The Morgan fingerprint density at radius 2 is 1.79 bits per heavy atom. The standard InChI is InChI=1S/C23H21FN4O/c1-4-28(18-12-10-17(24)11-13-18)23(29)19-14-20(16-8-6-5-7-9-16)25-22-21(19)15(2)26-27(22)3/h5-14H,4H2,1-3H3. The Bertz CT molecular complexity index is 1180. The molecule has 0 radical (unpaired) electrons. The fourth-order valence-corrected chi connectivity index (χ4v) is 3.58. The zero-order chi connectivity index (χ0) is 20.5. The van der Waals surface area contributed by atoms with Crippen molar-refractivity contribution in [2.24, 2.45) is 7.05 Å². The molecule has 4 aromatic rings. The van der Waals surface area contributed by atoms with E-state index in [1.165, 1.54) is 12.1 Å². The Morgan fingerprint density at radius 1 is 1.10 bits per heavy atom. The van der Waals surface area contributed by atoms with Crippen molar-refractivity contribution in [1.29, 1.82) is 0 Å². The minimum absolute atomic E-state index is 0.167. The highest BCUT2D eigenvalue weighted by Gasteiger charge is 2.23. The molecule has 0 atom stereocenters. The van der Waals surface area contributed by atoms with Crippen LogP contribution in [0.25, 0.3) is 22.3 Å². The Balaban J connectivity index is 1.91. The number of fused-ring (bicyclic) bond motifs is 1. The van der Waals surface area contributed by atoms with Crippen LogP contribution in [-0.4, -0.2) is 27.2 Å². The molecular weight excluding hydrogens is 367 g/mol. The topological polar surface area (TPSA) is 51.0 Å². The van der Waals surface area contributed by atoms with Crippen molar-refractivity contribution >= 4 is 22.6 Å². The number of hydrogen-bond acceptors (Lipinski definition) is 3. The normalized spacial score (nSPS) is 11.0. The van der Waals surface area contributed by atoms with Crippen LogP contribution in [0.5, 0.6) is 0 Å². The second kappa shape index (κ2) is 7.47. The molecule has 0 saturated heterocycles. The highest BCUT2D eigenvalue weighted by Crippen LogP contribution is 2.29. The molecule has 2 heterocycles. The molecule has 4 rings (SSSR count). The number of carbonyl (C=O) groups excluding carboxylic acids is 1. The monoisotopic (exact) mass is 388 g/mol. The maximum Gasteiger partial charge on any atom is 0.259 e. The first-order valence-corrected chi connectivity index (χ1v) is 9.46. The average molecular weight is 388 g/mol. The number of rotatable bonds is 4. The summed E-state index contributed by atoms with van der Waals surface area (Å²) in [5, 5.41) is 5.21. The van der Waals surface area contributed by atoms with E-state index in [0.29, 0.717) is 29.1 Å². The van der Waals surface area contributed by atoms with Crippen molar-refractivity contribution in [1.82, 2.24) is 14.8 Å². The van der Waals surface area contributed by atoms with Crippen LogP contribution in [0, 0.1) is 12.7 Å². The van der Waals surface area contributed by atoms with Crippen LogP contribution >= 0.6 is 0 Å². The number of amides is 1. The minimum atomic E-state index is -0.335. The second-order valence-corrected chi connectivity index (χ2v) is 6.85. The molecule has 2 aromatic carbocycles. The number of carbonyl (C=O) groups is 1. The first kappa shape index (κ1) is 18.8. The fourth-order valence-electron chi connectivity index (χ4n) is 3.58. The van der Waals surface area contributed by atoms with Gasteiger partial charge in [0, 0.05) is 24.8 Å². The van der Waals surface area contributed by atoms with Gasteiger partial charge in [-0.25, -0.2) is 9.37 Å². The molecule has 146 valence electrons. The van der Waals surface area contributed by atoms with Crippen molar-refractivity contribution in [2.45, 2.75) is 13.8 Å². The number of nitrogens with zero attached hydrogens (tertiary/aromatic N) is 4. The van der Waals surface area contributed by atoms with Crippen LogP contribution < -0.4 is 4.90 Å². The molecule has 0 unspecified atom stereocenters. The number of pyridine rings is 1. The summed E-state index contributed by atoms with van der Waals surface area (Å²) in [6, 6.07) is 17.5. The maximum absolute atomic E-state index is 13.6. The van der Waals surface area contributed by atoms with E-state index in [2.05, 4.69) is 5.10 Å². The maximum atomic E-state index is 13.6. The van der Waals surface area contributed by atoms with Crippen LogP contribution in [0.3, 0.4) is 0 Å². The number of hydrogen-bond donors (Lipinski definition) is 0. The molecule has 5 nitrogen and oxygen atoms in total. The lowest BCUT2D eigenvalue weighted by atomic mass is 10.0. The molecule has 0 bridgehead atoms. The van der Waals surface area contributed by atoms with Crippen molar-refractivity contribution in [2.75, 3.05) is 11.4 Å². The zero-order valence-corrected chi connectivity index (χ0v) is 16.6. The van der Waals surface area contributed by atoms with E-state index >= 15 is 0 Å². The molecule has 2 aromatic heterocycles. The number of anilines is 1. The molecule has 0 aliphatic carbocycles. The second-order valence-electron chi connectivity index (χ2n) is 6.85. The van der Waals surface area contributed by atoms with E-state index in [4.69, 9.17) is 4.98 Å². The van der Waals surface area contributed by atoms with Gasteiger partial charge >= 0.3 is 0 Å². The highest BCUT2D eigenvalue weighted by atomic mass is 19.1. The third-order valence-corrected chi connectivity index (χ3v) is 4.97. The molecule has 29 heavy (non-hydrogen) atoms. The van der Waals surface area contributed by atoms with Crippen LogP contribution in [0.2, 0.25) is 0 Å². The Kier molecular flexibility index (Phi) is 4.84. The molecule has 0 saturated carbocycles. The summed E-state index contributed by atoms with van der Waals surface area (Å²) in [5.74, 6) is -0.502. The molecule has 0 aliphatic heterocycles. The van der Waals surface area contributed by atoms with E-state index < -0.39 is 0 Å². The lowest BCUT2D eigenvalue weighted by molar-refractivity contribution is 0.0990. The summed E-state index contributed by atoms with van der Waals surface area (Å²) in [7, 11) is 1.82. The van der Waals surface area contributed by atoms with Crippen molar-refractivity contribution < 1.29 is 9.18 Å². The summed E-state index contributed by atoms with van der Waals surface area (Å²) >= 11 is 0. The van der Waals surface area contributed by atoms with Crippen LogP contribution in [-0.2, 0) is 7.05 Å². The van der Waals surface area contributed by atoms with Crippen LogP contribution in [0.15, 0.2) is 60.7 Å². The van der Waals surface area contributed by atoms with E-state index in [0.717, 1.165) is 16.6 Å². The Labute approximate surface area is 168 Å². The van der Waals surface area contributed by atoms with Gasteiger partial charge in [0.05, 0.1) is 22.3 Å². The molecule has 0 spiro atoms. The van der Waals surface area contributed by atoms with Gasteiger partial charge in [-0.15, -0.1) is 0 Å². The van der Waals surface area contributed by atoms with Crippen molar-refractivity contribution in [3.63, 3.8) is 0 Å². The first-order chi connectivity index (χ1) is 14.0. The van der Waals surface area contributed by atoms with Gasteiger partial charge in [-0.2, -0.15) is 5.10 Å². The van der Waals surface area contributed by atoms with Gasteiger partial charge in [0.1, 0.15) is 5.82 Å². The lowest BCUT2D eigenvalue weighted by Crippen LogP contribution is -2.31. The average Bonchev–Trinajstić information content (AvgIpc) is 3.03. The zero-order valence-electron chi connectivity index (χ0n) is 16.6. The predicted molar refractivity (Wildman–Crippen MR) is 112 cm³/mol.